The SMILES string of the molecule is CCC(F)CCNc1ccc(-c2c(F)ccc(Br)c2OC)nn1. The van der Waals surface area contributed by atoms with Crippen LogP contribution in [0.5, 0.6) is 5.75 Å². The lowest BCUT2D eigenvalue weighted by Gasteiger charge is -2.11. The van der Waals surface area contributed by atoms with Crippen molar-refractivity contribution in [2.24, 2.45) is 0 Å². The van der Waals surface area contributed by atoms with E-state index >= 15 is 0 Å². The summed E-state index contributed by atoms with van der Waals surface area (Å²) in [6.45, 7) is 2.27. The second-order valence-electron chi connectivity index (χ2n) is 4.96. The molecule has 0 radical (unpaired) electrons. The lowest BCUT2D eigenvalue weighted by Crippen LogP contribution is -2.10. The molecule has 124 valence electrons. The molecular weight excluding hydrogens is 368 g/mol. The van der Waals surface area contributed by atoms with Gasteiger partial charge in [0.15, 0.2) is 0 Å². The van der Waals surface area contributed by atoms with E-state index in [1.54, 1.807) is 25.1 Å². The van der Waals surface area contributed by atoms with Crippen molar-refractivity contribution in [1.29, 1.82) is 0 Å². The standard InChI is InChI=1S/C16H18BrF2N3O/c1-3-10(18)8-9-20-14-7-6-13(21-22-14)15-12(19)5-4-11(17)16(15)23-2/h4-7,10H,3,8-9H2,1-2H3,(H,20,22). The number of aromatic nitrogens is 2. The zero-order chi connectivity index (χ0) is 16.8. The molecule has 0 amide bonds. The number of benzene rings is 1. The van der Waals surface area contributed by atoms with Gasteiger partial charge in [0.05, 0.1) is 22.8 Å². The van der Waals surface area contributed by atoms with Crippen molar-refractivity contribution in [3.05, 3.63) is 34.6 Å². The van der Waals surface area contributed by atoms with Gasteiger partial charge in [-0.05, 0) is 53.0 Å². The molecule has 2 aromatic rings. The highest BCUT2D eigenvalue weighted by molar-refractivity contribution is 9.10. The van der Waals surface area contributed by atoms with E-state index in [1.807, 2.05) is 0 Å². The normalized spacial score (nSPS) is 12.0. The van der Waals surface area contributed by atoms with Gasteiger partial charge in [0.1, 0.15) is 23.6 Å². The molecule has 2 rings (SSSR count). The van der Waals surface area contributed by atoms with Crippen LogP contribution >= 0.6 is 15.9 Å². The Balaban J connectivity index is 2.16. The van der Waals surface area contributed by atoms with Crippen molar-refractivity contribution in [1.82, 2.24) is 10.2 Å². The molecule has 0 spiro atoms. The molecule has 1 heterocycles. The first-order valence-corrected chi connectivity index (χ1v) is 8.10. The summed E-state index contributed by atoms with van der Waals surface area (Å²) in [5, 5.41) is 11.0. The van der Waals surface area contributed by atoms with Crippen LogP contribution in [0.25, 0.3) is 11.3 Å². The van der Waals surface area contributed by atoms with E-state index in [2.05, 4.69) is 31.4 Å². The molecule has 0 aliphatic rings. The highest BCUT2D eigenvalue weighted by Gasteiger charge is 2.16. The van der Waals surface area contributed by atoms with Crippen molar-refractivity contribution in [3.8, 4) is 17.0 Å². The van der Waals surface area contributed by atoms with E-state index in [4.69, 9.17) is 4.74 Å². The molecule has 1 atom stereocenters. The van der Waals surface area contributed by atoms with Gasteiger partial charge < -0.3 is 10.1 Å². The van der Waals surface area contributed by atoms with E-state index in [0.29, 0.717) is 41.1 Å². The van der Waals surface area contributed by atoms with Gasteiger partial charge in [-0.2, -0.15) is 0 Å². The Hall–Kier alpha value is -1.76. The Morgan fingerprint density at radius 2 is 2.04 bits per heavy atom. The summed E-state index contributed by atoms with van der Waals surface area (Å²) in [5.74, 6) is 0.443. The highest BCUT2D eigenvalue weighted by Crippen LogP contribution is 2.37. The van der Waals surface area contributed by atoms with Crippen LogP contribution in [0.15, 0.2) is 28.7 Å². The smallest absolute Gasteiger partial charge is 0.148 e. The zero-order valence-corrected chi connectivity index (χ0v) is 14.5. The van der Waals surface area contributed by atoms with Crippen molar-refractivity contribution >= 4 is 21.7 Å². The summed E-state index contributed by atoms with van der Waals surface area (Å²) in [6.07, 6.45) is 0.0807. The van der Waals surface area contributed by atoms with Gasteiger partial charge in [0.25, 0.3) is 0 Å². The van der Waals surface area contributed by atoms with Gasteiger partial charge in [-0.25, -0.2) is 8.78 Å². The van der Waals surface area contributed by atoms with E-state index in [0.717, 1.165) is 0 Å². The summed E-state index contributed by atoms with van der Waals surface area (Å²) in [6, 6.07) is 6.24. The molecule has 4 nitrogen and oxygen atoms in total. The largest absolute Gasteiger partial charge is 0.495 e. The molecule has 7 heteroatoms. The predicted molar refractivity (Wildman–Crippen MR) is 90.0 cm³/mol. The molecule has 1 unspecified atom stereocenters. The number of ether oxygens (including phenoxy) is 1. The molecule has 0 aliphatic carbocycles. The maximum Gasteiger partial charge on any atom is 0.148 e. The van der Waals surface area contributed by atoms with Crippen LogP contribution < -0.4 is 10.1 Å². The monoisotopic (exact) mass is 385 g/mol. The molecular formula is C16H18BrF2N3O. The van der Waals surface area contributed by atoms with Crippen LogP contribution in [0.2, 0.25) is 0 Å². The molecule has 0 aliphatic heterocycles. The van der Waals surface area contributed by atoms with Crippen molar-refractivity contribution in [2.75, 3.05) is 19.0 Å². The maximum absolute atomic E-state index is 14.1. The van der Waals surface area contributed by atoms with Crippen LogP contribution in [-0.4, -0.2) is 30.0 Å². The lowest BCUT2D eigenvalue weighted by molar-refractivity contribution is 0.312. The molecule has 23 heavy (non-hydrogen) atoms. The summed E-state index contributed by atoms with van der Waals surface area (Å²) < 4.78 is 33.1. The molecule has 0 bridgehead atoms. The molecule has 0 saturated carbocycles. The third-order valence-electron chi connectivity index (χ3n) is 3.39. The number of alkyl halides is 1. The van der Waals surface area contributed by atoms with E-state index < -0.39 is 12.0 Å². The number of hydrogen-bond donors (Lipinski definition) is 1. The van der Waals surface area contributed by atoms with Crippen LogP contribution in [0, 0.1) is 5.82 Å². The Bertz CT molecular complexity index is 653. The maximum atomic E-state index is 14.1. The van der Waals surface area contributed by atoms with Crippen molar-refractivity contribution in [2.45, 2.75) is 25.9 Å². The Morgan fingerprint density at radius 1 is 1.26 bits per heavy atom. The minimum Gasteiger partial charge on any atom is -0.495 e. The number of methoxy groups -OCH3 is 1. The minimum absolute atomic E-state index is 0.246. The summed E-state index contributed by atoms with van der Waals surface area (Å²) in [4.78, 5) is 0. The Morgan fingerprint density at radius 3 is 2.65 bits per heavy atom. The fraction of sp³-hybridized carbons (Fsp3) is 0.375. The fourth-order valence-corrected chi connectivity index (χ4v) is 2.58. The number of hydrogen-bond acceptors (Lipinski definition) is 4. The number of halogens is 3. The molecule has 1 N–H and O–H groups in total. The topological polar surface area (TPSA) is 47.0 Å². The van der Waals surface area contributed by atoms with Crippen LogP contribution in [0.4, 0.5) is 14.6 Å². The van der Waals surface area contributed by atoms with Crippen molar-refractivity contribution in [3.63, 3.8) is 0 Å². The van der Waals surface area contributed by atoms with Crippen LogP contribution in [0.3, 0.4) is 0 Å². The van der Waals surface area contributed by atoms with Gasteiger partial charge in [0.2, 0.25) is 0 Å². The van der Waals surface area contributed by atoms with E-state index in [1.165, 1.54) is 13.2 Å². The molecule has 1 aromatic heterocycles. The number of nitrogens with zero attached hydrogens (tertiary/aromatic N) is 2. The number of anilines is 1. The molecule has 1 aromatic carbocycles. The number of rotatable bonds is 7. The van der Waals surface area contributed by atoms with Gasteiger partial charge in [-0.1, -0.05) is 6.92 Å². The minimum atomic E-state index is -0.824. The molecule has 0 saturated heterocycles. The average molecular weight is 386 g/mol. The second-order valence-corrected chi connectivity index (χ2v) is 5.82. The summed E-state index contributed by atoms with van der Waals surface area (Å²) >= 11 is 3.32. The zero-order valence-electron chi connectivity index (χ0n) is 12.9. The third kappa shape index (κ3) is 4.37. The number of nitrogens with one attached hydrogen (secondary N) is 1. The Kier molecular flexibility index (Phi) is 6.27. The van der Waals surface area contributed by atoms with Gasteiger partial charge >= 0.3 is 0 Å². The first kappa shape index (κ1) is 17.6. The first-order valence-electron chi connectivity index (χ1n) is 7.30. The van der Waals surface area contributed by atoms with Crippen molar-refractivity contribution < 1.29 is 13.5 Å². The summed E-state index contributed by atoms with van der Waals surface area (Å²) in [5.41, 5.74) is 0.610. The second kappa shape index (κ2) is 8.19. The van der Waals surface area contributed by atoms with E-state index in [9.17, 15) is 8.78 Å². The first-order chi connectivity index (χ1) is 11.1. The van der Waals surface area contributed by atoms with Crippen LogP contribution in [-0.2, 0) is 0 Å². The van der Waals surface area contributed by atoms with Gasteiger partial charge in [-0.3, -0.25) is 0 Å². The molecule has 0 fully saturated rings. The highest BCUT2D eigenvalue weighted by atomic mass is 79.9. The van der Waals surface area contributed by atoms with Gasteiger partial charge in [-0.15, -0.1) is 10.2 Å². The average Bonchev–Trinajstić information content (AvgIpc) is 2.57. The predicted octanol–water partition coefficient (Wildman–Crippen LogP) is 4.60. The van der Waals surface area contributed by atoms with Gasteiger partial charge in [0, 0.05) is 6.54 Å². The Labute approximate surface area is 142 Å². The third-order valence-corrected chi connectivity index (χ3v) is 4.01. The fourth-order valence-electron chi connectivity index (χ4n) is 2.09. The summed E-state index contributed by atoms with van der Waals surface area (Å²) in [7, 11) is 1.47. The van der Waals surface area contributed by atoms with E-state index in [-0.39, 0.29) is 5.56 Å². The van der Waals surface area contributed by atoms with Crippen LogP contribution in [0.1, 0.15) is 19.8 Å². The lowest BCUT2D eigenvalue weighted by atomic mass is 10.1. The quantitative estimate of drug-likeness (QED) is 0.756.